The van der Waals surface area contributed by atoms with Crippen LogP contribution in [-0.2, 0) is 17.9 Å². The van der Waals surface area contributed by atoms with Crippen molar-refractivity contribution in [2.75, 3.05) is 39.3 Å². The summed E-state index contributed by atoms with van der Waals surface area (Å²) in [6.07, 6.45) is 0.138. The van der Waals surface area contributed by atoms with Crippen molar-refractivity contribution in [2.45, 2.75) is 19.5 Å². The number of benzene rings is 2. The highest BCUT2D eigenvalue weighted by Gasteiger charge is 2.17. The number of aromatic amines is 1. The molecule has 1 fully saturated rings. The molecule has 0 atom stereocenters. The van der Waals surface area contributed by atoms with E-state index in [9.17, 15) is 14.4 Å². The number of hydrogen-bond donors (Lipinski definition) is 2. The van der Waals surface area contributed by atoms with E-state index in [0.717, 1.165) is 39.3 Å². The van der Waals surface area contributed by atoms with Crippen molar-refractivity contribution in [2.24, 2.45) is 0 Å². The monoisotopic (exact) mass is 435 g/mol. The first kappa shape index (κ1) is 22.0. The maximum atomic E-state index is 12.5. The lowest BCUT2D eigenvalue weighted by Gasteiger charge is -2.34. The van der Waals surface area contributed by atoms with E-state index < -0.39 is 0 Å². The minimum absolute atomic E-state index is 0.131. The predicted molar refractivity (Wildman–Crippen MR) is 125 cm³/mol. The summed E-state index contributed by atoms with van der Waals surface area (Å²) in [7, 11) is 0. The topological polar surface area (TPSA) is 90.4 Å². The molecule has 1 saturated heterocycles. The van der Waals surface area contributed by atoms with Crippen LogP contribution in [0.15, 0.2) is 64.2 Å². The molecule has 0 radical (unpaired) electrons. The molecule has 1 amide bonds. The Morgan fingerprint density at radius 2 is 1.50 bits per heavy atom. The molecule has 4 rings (SSSR count). The van der Waals surface area contributed by atoms with E-state index in [2.05, 4.69) is 44.5 Å². The highest BCUT2D eigenvalue weighted by atomic mass is 16.2. The Balaban J connectivity index is 1.18. The maximum Gasteiger partial charge on any atom is 0.273 e. The van der Waals surface area contributed by atoms with Crippen molar-refractivity contribution >= 4 is 16.7 Å². The van der Waals surface area contributed by atoms with E-state index >= 15 is 0 Å². The van der Waals surface area contributed by atoms with Crippen LogP contribution in [0.2, 0.25) is 0 Å². The molecular formula is C24H29N5O3. The number of rotatable bonds is 8. The molecule has 0 spiro atoms. The highest BCUT2D eigenvalue weighted by Crippen LogP contribution is 2.08. The van der Waals surface area contributed by atoms with Gasteiger partial charge in [-0.2, -0.15) is 0 Å². The van der Waals surface area contributed by atoms with Crippen molar-refractivity contribution < 1.29 is 4.79 Å². The van der Waals surface area contributed by atoms with Crippen molar-refractivity contribution in [3.8, 4) is 0 Å². The Kier molecular flexibility index (Phi) is 7.14. The molecule has 3 aromatic rings. The zero-order chi connectivity index (χ0) is 22.3. The van der Waals surface area contributed by atoms with Crippen LogP contribution in [0.25, 0.3) is 10.8 Å². The first-order chi connectivity index (χ1) is 15.6. The van der Waals surface area contributed by atoms with Crippen molar-refractivity contribution in [1.29, 1.82) is 0 Å². The van der Waals surface area contributed by atoms with Gasteiger partial charge in [0.2, 0.25) is 5.91 Å². The standard InChI is InChI=1S/C24H29N5O3/c30-22(10-12-29-24(32)21-9-5-4-8-20(21)23(31)26-29)25-11-13-27-14-16-28(17-15-27)18-19-6-2-1-3-7-19/h1-9H,10-18H2,(H,25,30)(H,26,31). The van der Waals surface area contributed by atoms with Crippen molar-refractivity contribution in [3.63, 3.8) is 0 Å². The summed E-state index contributed by atoms with van der Waals surface area (Å²) >= 11 is 0. The molecule has 2 N–H and O–H groups in total. The van der Waals surface area contributed by atoms with Gasteiger partial charge in [-0.1, -0.05) is 42.5 Å². The smallest absolute Gasteiger partial charge is 0.273 e. The molecule has 1 aromatic heterocycles. The van der Waals surface area contributed by atoms with Crippen LogP contribution in [0.4, 0.5) is 0 Å². The van der Waals surface area contributed by atoms with Gasteiger partial charge in [0.1, 0.15) is 0 Å². The first-order valence-electron chi connectivity index (χ1n) is 11.1. The lowest BCUT2D eigenvalue weighted by Crippen LogP contribution is -2.48. The van der Waals surface area contributed by atoms with Gasteiger partial charge >= 0.3 is 0 Å². The summed E-state index contributed by atoms with van der Waals surface area (Å²) in [6.45, 7) is 6.48. The summed E-state index contributed by atoms with van der Waals surface area (Å²) in [5.74, 6) is -0.131. The zero-order valence-electron chi connectivity index (χ0n) is 18.1. The maximum absolute atomic E-state index is 12.5. The third kappa shape index (κ3) is 5.52. The molecule has 0 saturated carbocycles. The Morgan fingerprint density at radius 3 is 2.25 bits per heavy atom. The number of carbonyl (C=O) groups is 1. The number of hydrogen-bond acceptors (Lipinski definition) is 5. The third-order valence-corrected chi connectivity index (χ3v) is 5.91. The van der Waals surface area contributed by atoms with Gasteiger partial charge in [-0.25, -0.2) is 4.68 Å². The molecule has 8 nitrogen and oxygen atoms in total. The Hall–Kier alpha value is -3.23. The van der Waals surface area contributed by atoms with Gasteiger partial charge in [0.25, 0.3) is 11.1 Å². The van der Waals surface area contributed by atoms with E-state index in [1.807, 2.05) is 6.07 Å². The van der Waals surface area contributed by atoms with Crippen LogP contribution in [-0.4, -0.2) is 64.8 Å². The summed E-state index contributed by atoms with van der Waals surface area (Å²) in [4.78, 5) is 41.7. The molecular weight excluding hydrogens is 406 g/mol. The van der Waals surface area contributed by atoms with Gasteiger partial charge in [-0.15, -0.1) is 0 Å². The average molecular weight is 436 g/mol. The number of H-pyrrole nitrogens is 1. The second-order valence-corrected chi connectivity index (χ2v) is 8.15. The number of nitrogens with zero attached hydrogens (tertiary/aromatic N) is 3. The lowest BCUT2D eigenvalue weighted by molar-refractivity contribution is -0.121. The molecule has 0 unspecified atom stereocenters. The molecule has 2 heterocycles. The second-order valence-electron chi connectivity index (χ2n) is 8.15. The fourth-order valence-electron chi connectivity index (χ4n) is 4.07. The Morgan fingerprint density at radius 1 is 0.844 bits per heavy atom. The number of aryl methyl sites for hydroxylation is 1. The van der Waals surface area contributed by atoms with Crippen LogP contribution in [0.5, 0.6) is 0 Å². The number of fused-ring (bicyclic) bond motifs is 1. The van der Waals surface area contributed by atoms with Gasteiger partial charge in [0, 0.05) is 52.2 Å². The minimum Gasteiger partial charge on any atom is -0.355 e. The Bertz CT molecular complexity index is 1160. The molecule has 0 bridgehead atoms. The second kappa shape index (κ2) is 10.4. The van der Waals surface area contributed by atoms with E-state index in [1.54, 1.807) is 24.3 Å². The normalized spacial score (nSPS) is 15.1. The summed E-state index contributed by atoms with van der Waals surface area (Å²) in [5, 5.41) is 6.21. The highest BCUT2D eigenvalue weighted by molar-refractivity contribution is 5.80. The van der Waals surface area contributed by atoms with Gasteiger partial charge < -0.3 is 5.32 Å². The fourth-order valence-corrected chi connectivity index (χ4v) is 4.07. The minimum atomic E-state index is -0.327. The zero-order valence-corrected chi connectivity index (χ0v) is 18.1. The molecule has 1 aliphatic rings. The molecule has 1 aliphatic heterocycles. The van der Waals surface area contributed by atoms with Crippen LogP contribution >= 0.6 is 0 Å². The quantitative estimate of drug-likeness (QED) is 0.551. The van der Waals surface area contributed by atoms with E-state index in [4.69, 9.17) is 0 Å². The van der Waals surface area contributed by atoms with E-state index in [-0.39, 0.29) is 30.0 Å². The summed E-state index contributed by atoms with van der Waals surface area (Å²) < 4.78 is 1.22. The number of nitrogens with one attached hydrogen (secondary N) is 2. The van der Waals surface area contributed by atoms with E-state index in [0.29, 0.717) is 17.3 Å². The van der Waals surface area contributed by atoms with Gasteiger partial charge in [-0.3, -0.25) is 29.3 Å². The first-order valence-corrected chi connectivity index (χ1v) is 11.1. The number of piperazine rings is 1. The lowest BCUT2D eigenvalue weighted by atomic mass is 10.2. The predicted octanol–water partition coefficient (Wildman–Crippen LogP) is 1.01. The van der Waals surface area contributed by atoms with Crippen LogP contribution in [0.3, 0.4) is 0 Å². The van der Waals surface area contributed by atoms with Crippen LogP contribution < -0.4 is 16.4 Å². The van der Waals surface area contributed by atoms with Gasteiger partial charge in [0.05, 0.1) is 17.3 Å². The van der Waals surface area contributed by atoms with Crippen LogP contribution in [0.1, 0.15) is 12.0 Å². The Labute approximate surface area is 186 Å². The van der Waals surface area contributed by atoms with Crippen LogP contribution in [0, 0.1) is 0 Å². The molecule has 0 aliphatic carbocycles. The summed E-state index contributed by atoms with van der Waals surface area (Å²) in [5.41, 5.74) is 0.716. The summed E-state index contributed by atoms with van der Waals surface area (Å²) in [6, 6.07) is 17.2. The van der Waals surface area contributed by atoms with Gasteiger partial charge in [0.15, 0.2) is 0 Å². The number of carbonyl (C=O) groups excluding carboxylic acids is 1. The molecule has 8 heteroatoms. The largest absolute Gasteiger partial charge is 0.355 e. The number of amides is 1. The SMILES string of the molecule is O=C(CCn1[nH]c(=O)c2ccccc2c1=O)NCCN1CCN(Cc2ccccc2)CC1. The van der Waals surface area contributed by atoms with Crippen molar-refractivity contribution in [3.05, 3.63) is 80.9 Å². The van der Waals surface area contributed by atoms with Crippen molar-refractivity contribution in [1.82, 2.24) is 24.9 Å². The molecule has 168 valence electrons. The third-order valence-electron chi connectivity index (χ3n) is 5.91. The average Bonchev–Trinajstić information content (AvgIpc) is 2.82. The molecule has 2 aromatic carbocycles. The van der Waals surface area contributed by atoms with E-state index in [1.165, 1.54) is 10.2 Å². The van der Waals surface area contributed by atoms with Gasteiger partial charge in [-0.05, 0) is 17.7 Å². The fraction of sp³-hybridized carbons (Fsp3) is 0.375. The molecule has 32 heavy (non-hydrogen) atoms. The number of aromatic nitrogens is 2.